The van der Waals surface area contributed by atoms with Crippen LogP contribution in [0, 0.1) is 0 Å². The molecule has 4 heteroatoms. The van der Waals surface area contributed by atoms with Gasteiger partial charge in [0.05, 0.1) is 0 Å². The largest absolute Gasteiger partial charge is 0.370 e. The lowest BCUT2D eigenvalue weighted by atomic mass is 10.2. The fourth-order valence-corrected chi connectivity index (χ4v) is 2.16. The molecule has 0 radical (unpaired) electrons. The van der Waals surface area contributed by atoms with E-state index in [2.05, 4.69) is 15.3 Å². The van der Waals surface area contributed by atoms with Gasteiger partial charge in [-0.1, -0.05) is 6.42 Å². The van der Waals surface area contributed by atoms with Gasteiger partial charge in [-0.3, -0.25) is 0 Å². The van der Waals surface area contributed by atoms with E-state index in [1.165, 1.54) is 24.1 Å². The van der Waals surface area contributed by atoms with E-state index < -0.39 is 0 Å². The summed E-state index contributed by atoms with van der Waals surface area (Å²) in [6.45, 7) is 1.78. The van der Waals surface area contributed by atoms with Gasteiger partial charge in [0.15, 0.2) is 0 Å². The van der Waals surface area contributed by atoms with Crippen LogP contribution in [0.5, 0.6) is 0 Å². The molecule has 1 aliphatic rings. The van der Waals surface area contributed by atoms with Gasteiger partial charge in [0.25, 0.3) is 0 Å². The van der Waals surface area contributed by atoms with Gasteiger partial charge in [-0.05, 0) is 38.6 Å². The number of nitrogens with zero attached hydrogens (tertiary/aromatic N) is 2. The van der Waals surface area contributed by atoms with Crippen LogP contribution in [0.1, 0.15) is 36.9 Å². The summed E-state index contributed by atoms with van der Waals surface area (Å²) in [4.78, 5) is 8.63. The van der Waals surface area contributed by atoms with E-state index in [0.29, 0.717) is 0 Å². The smallest absolute Gasteiger partial charge is 0.132 e. The van der Waals surface area contributed by atoms with Gasteiger partial charge in [0.1, 0.15) is 12.1 Å². The molecule has 0 bridgehead atoms. The lowest BCUT2D eigenvalue weighted by Crippen LogP contribution is -2.08. The van der Waals surface area contributed by atoms with E-state index in [-0.39, 0.29) is 0 Å². The second-order valence-corrected chi connectivity index (χ2v) is 4.28. The summed E-state index contributed by atoms with van der Waals surface area (Å²) in [7, 11) is 0. The summed E-state index contributed by atoms with van der Waals surface area (Å²) in [6, 6.07) is 0. The predicted molar refractivity (Wildman–Crippen MR) is 65.5 cm³/mol. The molecule has 0 fully saturated rings. The molecule has 1 heterocycles. The number of fused-ring (bicyclic) bond motifs is 1. The minimum absolute atomic E-state index is 0.795. The summed E-state index contributed by atoms with van der Waals surface area (Å²) in [6.07, 6.45) is 8.60. The van der Waals surface area contributed by atoms with Crippen LogP contribution in [0.15, 0.2) is 6.33 Å². The van der Waals surface area contributed by atoms with E-state index in [1.54, 1.807) is 6.33 Å². The third-order valence-corrected chi connectivity index (χ3v) is 3.05. The zero-order valence-corrected chi connectivity index (χ0v) is 9.71. The first-order valence-corrected chi connectivity index (χ1v) is 6.18. The van der Waals surface area contributed by atoms with Crippen molar-refractivity contribution in [1.82, 2.24) is 9.97 Å². The quantitative estimate of drug-likeness (QED) is 0.713. The highest BCUT2D eigenvalue weighted by Gasteiger charge is 2.16. The summed E-state index contributed by atoms with van der Waals surface area (Å²) >= 11 is 0. The zero-order chi connectivity index (χ0) is 11.2. The maximum Gasteiger partial charge on any atom is 0.132 e. The Hall–Kier alpha value is -1.16. The molecule has 4 nitrogen and oxygen atoms in total. The van der Waals surface area contributed by atoms with Crippen LogP contribution in [0.2, 0.25) is 0 Å². The summed E-state index contributed by atoms with van der Waals surface area (Å²) in [5.41, 5.74) is 8.02. The molecule has 1 aliphatic carbocycles. The number of nitrogens with one attached hydrogen (secondary N) is 1. The molecule has 0 spiro atoms. The average molecular weight is 220 g/mol. The zero-order valence-electron chi connectivity index (χ0n) is 9.71. The third-order valence-electron chi connectivity index (χ3n) is 3.05. The minimum atomic E-state index is 0.795. The Morgan fingerprint density at radius 2 is 2.12 bits per heavy atom. The van der Waals surface area contributed by atoms with Crippen LogP contribution < -0.4 is 11.1 Å². The Labute approximate surface area is 96.7 Å². The number of anilines is 1. The molecular formula is C12H20N4. The number of aromatic nitrogens is 2. The van der Waals surface area contributed by atoms with Crippen molar-refractivity contribution in [3.8, 4) is 0 Å². The first-order valence-electron chi connectivity index (χ1n) is 6.18. The van der Waals surface area contributed by atoms with E-state index in [1.807, 2.05) is 0 Å². The average Bonchev–Trinajstić information content (AvgIpc) is 2.77. The lowest BCUT2D eigenvalue weighted by Gasteiger charge is -2.09. The highest BCUT2D eigenvalue weighted by Crippen LogP contribution is 2.24. The van der Waals surface area contributed by atoms with Crippen molar-refractivity contribution < 1.29 is 0 Å². The molecule has 0 aromatic carbocycles. The maximum absolute atomic E-state index is 5.45. The molecule has 1 aromatic heterocycles. The number of aryl methyl sites for hydroxylation is 1. The van der Waals surface area contributed by atoms with Crippen molar-refractivity contribution in [3.05, 3.63) is 17.6 Å². The monoisotopic (exact) mass is 220 g/mol. The second kappa shape index (κ2) is 5.80. The van der Waals surface area contributed by atoms with Crippen molar-refractivity contribution in [3.63, 3.8) is 0 Å². The normalized spacial score (nSPS) is 13.8. The number of nitrogens with two attached hydrogens (primary N) is 1. The van der Waals surface area contributed by atoms with Crippen LogP contribution in [-0.2, 0) is 12.8 Å². The van der Waals surface area contributed by atoms with Gasteiger partial charge in [-0.25, -0.2) is 9.97 Å². The van der Waals surface area contributed by atoms with Gasteiger partial charge in [-0.2, -0.15) is 0 Å². The number of rotatable bonds is 6. The SMILES string of the molecule is NCCCCCNc1ncnc2c1CCC2. The van der Waals surface area contributed by atoms with Crippen LogP contribution in [0.3, 0.4) is 0 Å². The van der Waals surface area contributed by atoms with Gasteiger partial charge < -0.3 is 11.1 Å². The second-order valence-electron chi connectivity index (χ2n) is 4.28. The van der Waals surface area contributed by atoms with Gasteiger partial charge in [0, 0.05) is 17.8 Å². The molecule has 0 saturated carbocycles. The molecule has 1 aromatic rings. The fraction of sp³-hybridized carbons (Fsp3) is 0.667. The summed E-state index contributed by atoms with van der Waals surface area (Å²) in [5, 5.41) is 3.41. The molecule has 0 amide bonds. The number of hydrogen-bond acceptors (Lipinski definition) is 4. The molecular weight excluding hydrogens is 200 g/mol. The fourth-order valence-electron chi connectivity index (χ4n) is 2.16. The van der Waals surface area contributed by atoms with Crippen LogP contribution in [0.4, 0.5) is 5.82 Å². The van der Waals surface area contributed by atoms with Crippen LogP contribution in [0.25, 0.3) is 0 Å². The number of hydrogen-bond donors (Lipinski definition) is 2. The van der Waals surface area contributed by atoms with Crippen LogP contribution >= 0.6 is 0 Å². The standard InChI is InChI=1S/C12H20N4/c13-7-2-1-3-8-14-12-10-5-4-6-11(10)15-9-16-12/h9H,1-8,13H2,(H,14,15,16). The van der Waals surface area contributed by atoms with E-state index in [9.17, 15) is 0 Å². The van der Waals surface area contributed by atoms with Crippen LogP contribution in [-0.4, -0.2) is 23.1 Å². The summed E-state index contributed by atoms with van der Waals surface area (Å²) in [5.74, 6) is 1.05. The minimum Gasteiger partial charge on any atom is -0.370 e. The van der Waals surface area contributed by atoms with Gasteiger partial charge >= 0.3 is 0 Å². The third kappa shape index (κ3) is 2.70. The Kier molecular flexibility index (Phi) is 4.10. The van der Waals surface area contributed by atoms with Crippen molar-refractivity contribution in [1.29, 1.82) is 0 Å². The van der Waals surface area contributed by atoms with E-state index in [4.69, 9.17) is 5.73 Å². The molecule has 0 unspecified atom stereocenters. The molecule has 3 N–H and O–H groups in total. The molecule has 0 atom stereocenters. The highest BCUT2D eigenvalue weighted by molar-refractivity contribution is 5.47. The van der Waals surface area contributed by atoms with E-state index in [0.717, 1.165) is 44.6 Å². The Morgan fingerprint density at radius 1 is 1.19 bits per heavy atom. The maximum atomic E-state index is 5.45. The van der Waals surface area contributed by atoms with Crippen molar-refractivity contribution in [2.45, 2.75) is 38.5 Å². The first-order chi connectivity index (χ1) is 7.92. The molecule has 88 valence electrons. The topological polar surface area (TPSA) is 63.8 Å². The number of unbranched alkanes of at least 4 members (excludes halogenated alkanes) is 2. The molecule has 16 heavy (non-hydrogen) atoms. The molecule has 0 saturated heterocycles. The van der Waals surface area contributed by atoms with Crippen molar-refractivity contribution in [2.24, 2.45) is 5.73 Å². The predicted octanol–water partition coefficient (Wildman–Crippen LogP) is 1.51. The Balaban J connectivity index is 1.83. The molecule has 0 aliphatic heterocycles. The molecule has 2 rings (SSSR count). The van der Waals surface area contributed by atoms with Crippen molar-refractivity contribution in [2.75, 3.05) is 18.4 Å². The summed E-state index contributed by atoms with van der Waals surface area (Å²) < 4.78 is 0. The van der Waals surface area contributed by atoms with E-state index >= 15 is 0 Å². The highest BCUT2D eigenvalue weighted by atomic mass is 15.0. The first kappa shape index (κ1) is 11.3. The lowest BCUT2D eigenvalue weighted by molar-refractivity contribution is 0.705. The Morgan fingerprint density at radius 3 is 3.00 bits per heavy atom. The van der Waals surface area contributed by atoms with Gasteiger partial charge in [0.2, 0.25) is 0 Å². The Bertz CT molecular complexity index is 338. The van der Waals surface area contributed by atoms with Gasteiger partial charge in [-0.15, -0.1) is 0 Å². The van der Waals surface area contributed by atoms with Crippen molar-refractivity contribution >= 4 is 5.82 Å².